The van der Waals surface area contributed by atoms with Crippen molar-refractivity contribution in [2.45, 2.75) is 46.2 Å². The lowest BCUT2D eigenvalue weighted by Crippen LogP contribution is -2.42. The van der Waals surface area contributed by atoms with Gasteiger partial charge in [-0.05, 0) is 61.9 Å². The fraction of sp³-hybridized carbons (Fsp3) is 0.500. The van der Waals surface area contributed by atoms with Crippen LogP contribution in [0.5, 0.6) is 0 Å². The van der Waals surface area contributed by atoms with Crippen molar-refractivity contribution in [2.24, 2.45) is 0 Å². The van der Waals surface area contributed by atoms with Crippen LogP contribution in [-0.4, -0.2) is 17.1 Å². The Morgan fingerprint density at radius 1 is 1.35 bits per heavy atom. The summed E-state index contributed by atoms with van der Waals surface area (Å²) in [7, 11) is 0. The highest BCUT2D eigenvalue weighted by atomic mass is 16.4. The van der Waals surface area contributed by atoms with E-state index in [0.717, 1.165) is 17.5 Å². The van der Waals surface area contributed by atoms with Gasteiger partial charge < -0.3 is 5.11 Å². The Hall–Kier alpha value is -1.35. The molecule has 3 heteroatoms. The van der Waals surface area contributed by atoms with Gasteiger partial charge in [0.1, 0.15) is 6.04 Å². The molecular weight excluding hydrogens is 214 g/mol. The van der Waals surface area contributed by atoms with E-state index in [1.165, 1.54) is 16.7 Å². The summed E-state index contributed by atoms with van der Waals surface area (Å²) >= 11 is 0. The molecule has 92 valence electrons. The van der Waals surface area contributed by atoms with Crippen LogP contribution in [-0.2, 0) is 11.2 Å². The van der Waals surface area contributed by atoms with E-state index in [-0.39, 0.29) is 6.04 Å². The zero-order valence-corrected chi connectivity index (χ0v) is 10.8. The molecule has 0 aliphatic carbocycles. The molecule has 0 bridgehead atoms. The maximum Gasteiger partial charge on any atom is 0.325 e. The van der Waals surface area contributed by atoms with Crippen molar-refractivity contribution < 1.29 is 9.90 Å². The average molecular weight is 233 g/mol. The zero-order chi connectivity index (χ0) is 12.7. The van der Waals surface area contributed by atoms with E-state index < -0.39 is 12.0 Å². The van der Waals surface area contributed by atoms with Crippen molar-refractivity contribution in [3.63, 3.8) is 0 Å². The van der Waals surface area contributed by atoms with Crippen molar-refractivity contribution in [3.05, 3.63) is 33.9 Å². The van der Waals surface area contributed by atoms with Gasteiger partial charge >= 0.3 is 5.97 Å². The summed E-state index contributed by atoms with van der Waals surface area (Å²) in [4.78, 5) is 11.4. The number of benzene rings is 1. The molecule has 2 N–H and O–H groups in total. The molecule has 1 aromatic carbocycles. The maximum absolute atomic E-state index is 11.4. The molecule has 1 heterocycles. The van der Waals surface area contributed by atoms with Gasteiger partial charge in [-0.1, -0.05) is 6.07 Å². The van der Waals surface area contributed by atoms with E-state index in [0.29, 0.717) is 0 Å². The van der Waals surface area contributed by atoms with E-state index in [9.17, 15) is 9.90 Å². The van der Waals surface area contributed by atoms with E-state index in [2.05, 4.69) is 18.3 Å². The monoisotopic (exact) mass is 233 g/mol. The van der Waals surface area contributed by atoms with Crippen LogP contribution >= 0.6 is 0 Å². The van der Waals surface area contributed by atoms with Crippen LogP contribution in [0, 0.1) is 20.8 Å². The Kier molecular flexibility index (Phi) is 2.96. The molecule has 0 saturated carbocycles. The Morgan fingerprint density at radius 2 is 2.00 bits per heavy atom. The molecular formula is C14H19NO2. The van der Waals surface area contributed by atoms with Crippen molar-refractivity contribution in [3.8, 4) is 0 Å². The molecule has 0 saturated heterocycles. The number of rotatable bonds is 1. The number of hydrogen-bond donors (Lipinski definition) is 2. The number of aliphatic carboxylic acids is 1. The highest BCUT2D eigenvalue weighted by Crippen LogP contribution is 2.32. The number of fused-ring (bicyclic) bond motifs is 1. The summed E-state index contributed by atoms with van der Waals surface area (Å²) in [5, 5.41) is 12.5. The van der Waals surface area contributed by atoms with E-state index in [4.69, 9.17) is 0 Å². The Labute approximate surface area is 102 Å². The third-order valence-electron chi connectivity index (χ3n) is 3.73. The number of hydrogen-bond acceptors (Lipinski definition) is 2. The standard InChI is InChI=1S/C14H19NO2/c1-7-5-8(2)11-6-9(3)15-13(14(16)17)12(11)10(7)4/h5,9,13,15H,6H2,1-4H3,(H,16,17). The first-order valence-corrected chi connectivity index (χ1v) is 6.00. The normalized spacial score (nSPS) is 23.3. The molecule has 0 aromatic heterocycles. The van der Waals surface area contributed by atoms with Crippen LogP contribution in [0.2, 0.25) is 0 Å². The lowest BCUT2D eigenvalue weighted by molar-refractivity contribution is -0.140. The number of aryl methyl sites for hydroxylation is 2. The van der Waals surface area contributed by atoms with Crippen LogP contribution in [0.15, 0.2) is 6.07 Å². The van der Waals surface area contributed by atoms with Crippen molar-refractivity contribution in [1.29, 1.82) is 0 Å². The Bertz CT molecular complexity index is 480. The number of nitrogens with one attached hydrogen (secondary N) is 1. The summed E-state index contributed by atoms with van der Waals surface area (Å²) < 4.78 is 0. The summed E-state index contributed by atoms with van der Waals surface area (Å²) in [6.45, 7) is 8.16. The SMILES string of the molecule is Cc1cc(C)c2c(c1C)C(C(=O)O)NC(C)C2. The molecule has 1 aliphatic heterocycles. The molecule has 0 radical (unpaired) electrons. The maximum atomic E-state index is 11.4. The smallest absolute Gasteiger partial charge is 0.325 e. The van der Waals surface area contributed by atoms with E-state index in [1.807, 2.05) is 20.8 Å². The van der Waals surface area contributed by atoms with Gasteiger partial charge in [0.15, 0.2) is 0 Å². The van der Waals surface area contributed by atoms with Gasteiger partial charge in [0, 0.05) is 6.04 Å². The highest BCUT2D eigenvalue weighted by Gasteiger charge is 2.31. The molecule has 17 heavy (non-hydrogen) atoms. The number of carboxylic acids is 1. The zero-order valence-electron chi connectivity index (χ0n) is 10.8. The first-order chi connectivity index (χ1) is 7.91. The molecule has 3 nitrogen and oxygen atoms in total. The molecule has 1 aliphatic rings. The summed E-state index contributed by atoms with van der Waals surface area (Å²) in [6.07, 6.45) is 0.909. The summed E-state index contributed by atoms with van der Waals surface area (Å²) in [5.74, 6) is -0.786. The lowest BCUT2D eigenvalue weighted by Gasteiger charge is -2.32. The fourth-order valence-corrected chi connectivity index (χ4v) is 2.76. The van der Waals surface area contributed by atoms with E-state index in [1.54, 1.807) is 0 Å². The minimum Gasteiger partial charge on any atom is -0.480 e. The minimum atomic E-state index is -0.786. The summed E-state index contributed by atoms with van der Waals surface area (Å²) in [6, 6.07) is 1.81. The number of carbonyl (C=O) groups is 1. The lowest BCUT2D eigenvalue weighted by atomic mass is 9.83. The van der Waals surface area contributed by atoms with Gasteiger partial charge in [-0.3, -0.25) is 10.1 Å². The third-order valence-corrected chi connectivity index (χ3v) is 3.73. The van der Waals surface area contributed by atoms with Crippen LogP contribution in [0.1, 0.15) is 40.8 Å². The van der Waals surface area contributed by atoms with Crippen molar-refractivity contribution in [1.82, 2.24) is 5.32 Å². The minimum absolute atomic E-state index is 0.212. The second kappa shape index (κ2) is 4.15. The van der Waals surface area contributed by atoms with Crippen LogP contribution in [0.25, 0.3) is 0 Å². The Morgan fingerprint density at radius 3 is 2.59 bits per heavy atom. The van der Waals surface area contributed by atoms with Crippen molar-refractivity contribution in [2.75, 3.05) is 0 Å². The molecule has 2 atom stereocenters. The van der Waals surface area contributed by atoms with Crippen LogP contribution in [0.3, 0.4) is 0 Å². The van der Waals surface area contributed by atoms with Gasteiger partial charge in [-0.15, -0.1) is 0 Å². The first kappa shape index (κ1) is 12.1. The quantitative estimate of drug-likeness (QED) is 0.782. The first-order valence-electron chi connectivity index (χ1n) is 6.00. The topological polar surface area (TPSA) is 49.3 Å². The highest BCUT2D eigenvalue weighted by molar-refractivity contribution is 5.78. The summed E-state index contributed by atoms with van der Waals surface area (Å²) in [5.41, 5.74) is 5.68. The van der Waals surface area contributed by atoms with Gasteiger partial charge in [0.05, 0.1) is 0 Å². The van der Waals surface area contributed by atoms with Gasteiger partial charge in [-0.25, -0.2) is 0 Å². The predicted octanol–water partition coefficient (Wildman–Crippen LogP) is 2.27. The van der Waals surface area contributed by atoms with Gasteiger partial charge in [0.25, 0.3) is 0 Å². The second-order valence-electron chi connectivity index (χ2n) is 5.07. The Balaban J connectivity index is 2.67. The van der Waals surface area contributed by atoms with Crippen LogP contribution in [0.4, 0.5) is 0 Å². The molecule has 0 fully saturated rings. The largest absolute Gasteiger partial charge is 0.480 e. The van der Waals surface area contributed by atoms with Gasteiger partial charge in [-0.2, -0.15) is 0 Å². The third kappa shape index (κ3) is 1.95. The molecule has 2 rings (SSSR count). The second-order valence-corrected chi connectivity index (χ2v) is 5.07. The molecule has 0 spiro atoms. The average Bonchev–Trinajstić information content (AvgIpc) is 2.25. The molecule has 1 aromatic rings. The molecule has 2 unspecified atom stereocenters. The van der Waals surface area contributed by atoms with E-state index >= 15 is 0 Å². The predicted molar refractivity (Wildman–Crippen MR) is 67.3 cm³/mol. The fourth-order valence-electron chi connectivity index (χ4n) is 2.76. The van der Waals surface area contributed by atoms with Gasteiger partial charge in [0.2, 0.25) is 0 Å². The number of carboxylic acid groups (broad SMARTS) is 1. The van der Waals surface area contributed by atoms with Crippen LogP contribution < -0.4 is 5.32 Å². The molecule has 0 amide bonds. The van der Waals surface area contributed by atoms with Crippen molar-refractivity contribution >= 4 is 5.97 Å².